The van der Waals surface area contributed by atoms with Gasteiger partial charge in [0.25, 0.3) is 0 Å². The maximum Gasteiger partial charge on any atom is 0.159 e. The predicted molar refractivity (Wildman–Crippen MR) is 141 cm³/mol. The Bertz CT molecular complexity index is 1180. The first-order valence-electron chi connectivity index (χ1n) is 13.9. The minimum atomic E-state index is 0.138. The number of rotatable bonds is 6. The van der Waals surface area contributed by atoms with E-state index in [0.717, 1.165) is 48.3 Å². The summed E-state index contributed by atoms with van der Waals surface area (Å²) in [6.45, 7) is 8.20. The molecule has 1 saturated carbocycles. The number of fused-ring (bicyclic) bond motifs is 3. The number of likely N-dealkylation sites (tertiary alicyclic amines) is 2. The Hall–Kier alpha value is -2.31. The largest absolute Gasteiger partial charge is 0.360 e. The number of aromatic amines is 1. The van der Waals surface area contributed by atoms with Crippen LogP contribution in [0.1, 0.15) is 69.8 Å². The fourth-order valence-corrected chi connectivity index (χ4v) is 7.39. The molecule has 6 rings (SSSR count). The molecule has 35 heavy (non-hydrogen) atoms. The van der Waals surface area contributed by atoms with Crippen LogP contribution in [-0.2, 0) is 4.79 Å². The summed E-state index contributed by atoms with van der Waals surface area (Å²) in [5, 5.41) is 2.36. The van der Waals surface area contributed by atoms with Crippen LogP contribution in [0.15, 0.2) is 30.7 Å². The molecule has 186 valence electrons. The van der Waals surface area contributed by atoms with Gasteiger partial charge in [-0.25, -0.2) is 9.97 Å². The average molecular weight is 474 g/mol. The zero-order valence-corrected chi connectivity index (χ0v) is 21.1. The molecule has 0 spiro atoms. The number of hydrogen-bond donors (Lipinski definition) is 1. The van der Waals surface area contributed by atoms with E-state index in [1.807, 2.05) is 25.5 Å². The molecule has 0 aromatic carbocycles. The lowest BCUT2D eigenvalue weighted by Gasteiger charge is -2.45. The molecule has 6 nitrogen and oxygen atoms in total. The Morgan fingerprint density at radius 1 is 1.09 bits per heavy atom. The third-order valence-corrected chi connectivity index (χ3v) is 9.07. The van der Waals surface area contributed by atoms with Gasteiger partial charge in [0.15, 0.2) is 5.65 Å². The number of hydrogen-bond acceptors (Lipinski definition) is 5. The van der Waals surface area contributed by atoms with E-state index in [0.29, 0.717) is 24.2 Å². The Kier molecular flexibility index (Phi) is 6.59. The van der Waals surface area contributed by atoms with Crippen LogP contribution in [0.5, 0.6) is 0 Å². The monoisotopic (exact) mass is 473 g/mol. The fourth-order valence-electron chi connectivity index (χ4n) is 7.39. The number of carbonyl (C=O) groups is 1. The van der Waals surface area contributed by atoms with Crippen LogP contribution in [0, 0.1) is 11.8 Å². The summed E-state index contributed by atoms with van der Waals surface area (Å²) in [6.07, 6.45) is 15.0. The van der Waals surface area contributed by atoms with E-state index < -0.39 is 0 Å². The molecule has 0 radical (unpaired) electrons. The Balaban J connectivity index is 1.25. The number of nitrogens with zero attached hydrogens (tertiary/aromatic N) is 4. The summed E-state index contributed by atoms with van der Waals surface area (Å²) in [4.78, 5) is 31.1. The van der Waals surface area contributed by atoms with Gasteiger partial charge in [0.05, 0.1) is 11.7 Å². The Labute approximate surface area is 208 Å². The summed E-state index contributed by atoms with van der Waals surface area (Å²) in [7, 11) is 0. The molecular formula is C29H39N5O. The highest BCUT2D eigenvalue weighted by molar-refractivity contribution is 6.05. The van der Waals surface area contributed by atoms with Crippen LogP contribution < -0.4 is 0 Å². The van der Waals surface area contributed by atoms with E-state index in [1.54, 1.807) is 0 Å². The highest BCUT2D eigenvalue weighted by Gasteiger charge is 2.40. The number of aromatic nitrogens is 3. The quantitative estimate of drug-likeness (QED) is 0.536. The lowest BCUT2D eigenvalue weighted by molar-refractivity contribution is -0.126. The van der Waals surface area contributed by atoms with Crippen molar-refractivity contribution < 1.29 is 4.79 Å². The highest BCUT2D eigenvalue weighted by Crippen LogP contribution is 2.43. The third kappa shape index (κ3) is 4.51. The number of nitrogens with one attached hydrogen (secondary N) is 1. The van der Waals surface area contributed by atoms with Crippen molar-refractivity contribution in [3.63, 3.8) is 0 Å². The predicted octanol–water partition coefficient (Wildman–Crippen LogP) is 5.15. The van der Waals surface area contributed by atoms with Crippen molar-refractivity contribution in [1.82, 2.24) is 24.8 Å². The highest BCUT2D eigenvalue weighted by atomic mass is 16.1. The van der Waals surface area contributed by atoms with Crippen LogP contribution in [0.2, 0.25) is 0 Å². The average Bonchev–Trinajstić information content (AvgIpc) is 3.60. The van der Waals surface area contributed by atoms with E-state index >= 15 is 0 Å². The fraction of sp³-hybridized carbons (Fsp3) is 0.621. The molecule has 0 amide bonds. The van der Waals surface area contributed by atoms with E-state index in [4.69, 9.17) is 0 Å². The zero-order chi connectivity index (χ0) is 23.8. The molecule has 3 aromatic rings. The first-order valence-corrected chi connectivity index (χ1v) is 13.9. The van der Waals surface area contributed by atoms with Gasteiger partial charge in [0.1, 0.15) is 5.78 Å². The zero-order valence-electron chi connectivity index (χ0n) is 21.1. The molecule has 4 unspecified atom stereocenters. The van der Waals surface area contributed by atoms with E-state index in [2.05, 4.69) is 36.9 Å². The minimum Gasteiger partial charge on any atom is -0.360 e. The van der Waals surface area contributed by atoms with Crippen molar-refractivity contribution in [1.29, 1.82) is 0 Å². The number of piperidine rings is 1. The van der Waals surface area contributed by atoms with Gasteiger partial charge in [-0.3, -0.25) is 9.69 Å². The number of carbonyl (C=O) groups excluding carboxylic acids is 1. The summed E-state index contributed by atoms with van der Waals surface area (Å²) in [5.74, 6) is 1.75. The lowest BCUT2D eigenvalue weighted by Crippen LogP contribution is -2.51. The van der Waals surface area contributed by atoms with Crippen molar-refractivity contribution in [2.24, 2.45) is 11.8 Å². The smallest absolute Gasteiger partial charge is 0.159 e. The standard InChI is InChI=1S/C29H39N5O/c1-2-27(35)24-16-21(22-9-11-30-25-17-32-29-23(28(22)25)10-12-31-29)7-8-26(24)34-15-5-6-20(19-34)18-33-13-3-4-14-33/h9-12,17,20-21,24,26,30H,2-8,13-16,18-19H2,1H3. The molecular weight excluding hydrogens is 434 g/mol. The summed E-state index contributed by atoms with van der Waals surface area (Å²) < 4.78 is 0. The molecule has 3 fully saturated rings. The second kappa shape index (κ2) is 9.98. The third-order valence-electron chi connectivity index (χ3n) is 9.07. The van der Waals surface area contributed by atoms with Crippen LogP contribution >= 0.6 is 0 Å². The first kappa shape index (κ1) is 23.1. The number of pyridine rings is 2. The van der Waals surface area contributed by atoms with Crippen LogP contribution in [-0.4, -0.2) is 69.3 Å². The summed E-state index contributed by atoms with van der Waals surface area (Å²) >= 11 is 0. The Morgan fingerprint density at radius 2 is 1.97 bits per heavy atom. The molecule has 1 aliphatic carbocycles. The molecule has 5 heterocycles. The molecule has 4 atom stereocenters. The summed E-state index contributed by atoms with van der Waals surface area (Å²) in [6, 6.07) is 4.72. The maximum absolute atomic E-state index is 13.3. The van der Waals surface area contributed by atoms with Gasteiger partial charge in [0.2, 0.25) is 0 Å². The Morgan fingerprint density at radius 3 is 2.83 bits per heavy atom. The van der Waals surface area contributed by atoms with Crippen molar-refractivity contribution >= 4 is 27.7 Å². The molecule has 0 bridgehead atoms. The topological polar surface area (TPSA) is 65.1 Å². The maximum atomic E-state index is 13.3. The normalized spacial score (nSPS) is 28.7. The van der Waals surface area contributed by atoms with Gasteiger partial charge >= 0.3 is 0 Å². The van der Waals surface area contributed by atoms with Crippen molar-refractivity contribution in [3.05, 3.63) is 36.3 Å². The van der Waals surface area contributed by atoms with Crippen molar-refractivity contribution in [2.75, 3.05) is 32.7 Å². The SMILES string of the molecule is CCC(=O)C1CC(c2cc[nH]c3cnc4nccc4c23)CCC1N1CCCC(CN2CCCC2)C1. The van der Waals surface area contributed by atoms with Crippen molar-refractivity contribution in [2.45, 2.75) is 70.3 Å². The second-order valence-corrected chi connectivity index (χ2v) is 11.2. The van der Waals surface area contributed by atoms with E-state index in [1.165, 1.54) is 62.8 Å². The first-order chi connectivity index (χ1) is 17.2. The van der Waals surface area contributed by atoms with Gasteiger partial charge in [-0.1, -0.05) is 6.92 Å². The lowest BCUT2D eigenvalue weighted by atomic mass is 9.71. The van der Waals surface area contributed by atoms with Gasteiger partial charge < -0.3 is 9.88 Å². The van der Waals surface area contributed by atoms with Crippen LogP contribution in [0.25, 0.3) is 21.9 Å². The van der Waals surface area contributed by atoms with Gasteiger partial charge in [0, 0.05) is 54.6 Å². The van der Waals surface area contributed by atoms with Crippen LogP contribution in [0.3, 0.4) is 0 Å². The van der Waals surface area contributed by atoms with E-state index in [9.17, 15) is 4.79 Å². The number of ketones is 1. The van der Waals surface area contributed by atoms with Gasteiger partial charge in [-0.05, 0) is 94.1 Å². The number of H-pyrrole nitrogens is 1. The molecule has 2 saturated heterocycles. The summed E-state index contributed by atoms with van der Waals surface area (Å²) in [5.41, 5.74) is 3.23. The molecule has 6 heteroatoms. The minimum absolute atomic E-state index is 0.138. The second-order valence-electron chi connectivity index (χ2n) is 11.2. The van der Waals surface area contributed by atoms with Gasteiger partial charge in [-0.2, -0.15) is 0 Å². The molecule has 3 aliphatic rings. The molecule has 3 aromatic heterocycles. The number of Topliss-reactive ketones (excluding diaryl/α,β-unsaturated/α-hetero) is 1. The van der Waals surface area contributed by atoms with Crippen LogP contribution in [0.4, 0.5) is 0 Å². The van der Waals surface area contributed by atoms with E-state index in [-0.39, 0.29) is 5.92 Å². The molecule has 2 aliphatic heterocycles. The molecule has 1 N–H and O–H groups in total. The van der Waals surface area contributed by atoms with Gasteiger partial charge in [-0.15, -0.1) is 0 Å². The van der Waals surface area contributed by atoms with Crippen molar-refractivity contribution in [3.8, 4) is 0 Å².